The number of aryl methyl sites for hydroxylation is 9. The molecule has 6 aromatic carbocycles. The van der Waals surface area contributed by atoms with Gasteiger partial charge < -0.3 is 0 Å². The molecule has 0 aliphatic heterocycles. The lowest BCUT2D eigenvalue weighted by Gasteiger charge is -2.38. The molecule has 8 rings (SSSR count). The van der Waals surface area contributed by atoms with Crippen molar-refractivity contribution < 1.29 is 0 Å². The third-order valence-corrected chi connectivity index (χ3v) is 15.3. The second kappa shape index (κ2) is 36.0. The van der Waals surface area contributed by atoms with Crippen LogP contribution in [0.25, 0.3) is 0 Å². The van der Waals surface area contributed by atoms with Crippen LogP contribution in [0, 0.1) is 110 Å². The van der Waals surface area contributed by atoms with Crippen LogP contribution in [-0.2, 0) is 19.3 Å². The van der Waals surface area contributed by atoms with Crippen LogP contribution < -0.4 is 0 Å². The van der Waals surface area contributed by atoms with Crippen molar-refractivity contribution in [3.8, 4) is 0 Å². The number of allylic oxidation sites excluding steroid dienone is 4. The molecule has 4 unspecified atom stereocenters. The van der Waals surface area contributed by atoms with Crippen molar-refractivity contribution in [3.05, 3.63) is 235 Å². The van der Waals surface area contributed by atoms with Gasteiger partial charge in [0.15, 0.2) is 0 Å². The molecule has 6 aromatic rings. The summed E-state index contributed by atoms with van der Waals surface area (Å²) in [6.45, 7) is 46.4. The van der Waals surface area contributed by atoms with Gasteiger partial charge in [-0.05, 0) is 219 Å². The molecule has 0 bridgehead atoms. The molecule has 2 aliphatic rings. The highest BCUT2D eigenvalue weighted by molar-refractivity contribution is 5.37. The Hall–Kier alpha value is -5.20. The molecule has 0 spiro atoms. The minimum atomic E-state index is 0.718. The summed E-state index contributed by atoms with van der Waals surface area (Å²) in [5.74, 6) is 7.53. The van der Waals surface area contributed by atoms with Gasteiger partial charge in [0.1, 0.15) is 0 Å². The number of benzene rings is 6. The topological polar surface area (TPSA) is 0 Å². The molecule has 0 heteroatoms. The summed E-state index contributed by atoms with van der Waals surface area (Å²) in [6, 6.07) is 46.4. The predicted octanol–water partition coefficient (Wildman–Crippen LogP) is 22.4. The van der Waals surface area contributed by atoms with E-state index < -0.39 is 0 Å². The zero-order valence-corrected chi connectivity index (χ0v) is 52.5. The Morgan fingerprint density at radius 2 is 0.829 bits per heavy atom. The van der Waals surface area contributed by atoms with Gasteiger partial charge in [-0.15, -0.1) is 0 Å². The van der Waals surface area contributed by atoms with E-state index in [-0.39, 0.29) is 0 Å². The first kappa shape index (κ1) is 66.9. The van der Waals surface area contributed by atoms with E-state index in [1.165, 1.54) is 109 Å². The van der Waals surface area contributed by atoms with Crippen LogP contribution in [0.3, 0.4) is 0 Å². The van der Waals surface area contributed by atoms with Gasteiger partial charge in [0, 0.05) is 0 Å². The van der Waals surface area contributed by atoms with Crippen molar-refractivity contribution in [2.24, 2.45) is 47.3 Å². The molecule has 0 N–H and O–H groups in total. The first-order valence-corrected chi connectivity index (χ1v) is 29.5. The number of hydrogen-bond donors (Lipinski definition) is 0. The largest absolute Gasteiger partial charge is 0.0917 e. The number of rotatable bonds is 9. The van der Waals surface area contributed by atoms with E-state index in [1.54, 1.807) is 0 Å². The lowest BCUT2D eigenvalue weighted by Crippen LogP contribution is -2.29. The molecular formula is C76H110. The fraction of sp³-hybridized carbons (Fsp3) is 0.474. The average molecular weight is 1020 g/mol. The summed E-state index contributed by atoms with van der Waals surface area (Å²) in [4.78, 5) is 0. The minimum Gasteiger partial charge on any atom is -0.0917 e. The van der Waals surface area contributed by atoms with E-state index in [4.69, 9.17) is 0 Å². The summed E-state index contributed by atoms with van der Waals surface area (Å²) < 4.78 is 0. The zero-order valence-electron chi connectivity index (χ0n) is 52.5. The molecule has 2 aliphatic carbocycles. The Bertz CT molecular complexity index is 2550. The molecule has 0 nitrogen and oxygen atoms in total. The Labute approximate surface area is 470 Å². The average Bonchev–Trinajstić information content (AvgIpc) is 3.64. The van der Waals surface area contributed by atoms with Crippen molar-refractivity contribution >= 4 is 0 Å². The molecule has 76 heavy (non-hydrogen) atoms. The van der Waals surface area contributed by atoms with Gasteiger partial charge in [-0.25, -0.2) is 0 Å². The quantitative estimate of drug-likeness (QED) is 0.127. The summed E-state index contributed by atoms with van der Waals surface area (Å²) in [6.07, 6.45) is 17.2. The zero-order chi connectivity index (χ0) is 56.9. The Balaban J connectivity index is 0.000000315. The molecule has 0 heterocycles. The molecule has 0 amide bonds. The van der Waals surface area contributed by atoms with Crippen molar-refractivity contribution in [2.75, 3.05) is 0 Å². The fourth-order valence-electron chi connectivity index (χ4n) is 10.2. The van der Waals surface area contributed by atoms with Crippen LogP contribution in [0.2, 0.25) is 0 Å². The smallest absolute Gasteiger partial charge is 0.00230 e. The van der Waals surface area contributed by atoms with E-state index in [0.29, 0.717) is 0 Å². The summed E-state index contributed by atoms with van der Waals surface area (Å²) in [5, 5.41) is 0. The second-order valence-electron chi connectivity index (χ2n) is 24.4. The van der Waals surface area contributed by atoms with Gasteiger partial charge in [-0.3, -0.25) is 0 Å². The second-order valence-corrected chi connectivity index (χ2v) is 24.4. The summed E-state index contributed by atoms with van der Waals surface area (Å²) in [5.41, 5.74) is 20.6. The van der Waals surface area contributed by atoms with Gasteiger partial charge in [0.05, 0.1) is 0 Å². The van der Waals surface area contributed by atoms with E-state index >= 15 is 0 Å². The minimum absolute atomic E-state index is 0.718. The Kier molecular flexibility index (Phi) is 31.7. The van der Waals surface area contributed by atoms with Crippen LogP contribution in [0.4, 0.5) is 0 Å². The molecular weight excluding hydrogens is 913 g/mol. The van der Waals surface area contributed by atoms with Gasteiger partial charge in [-0.2, -0.15) is 0 Å². The molecule has 2 fully saturated rings. The van der Waals surface area contributed by atoms with Gasteiger partial charge in [0.25, 0.3) is 0 Å². The monoisotopic (exact) mass is 1020 g/mol. The maximum atomic E-state index is 2.37. The molecule has 4 atom stereocenters. The van der Waals surface area contributed by atoms with Gasteiger partial charge in [0.2, 0.25) is 0 Å². The molecule has 414 valence electrons. The SMILES string of the molecule is C/C=C/C(C)C.C/C=C/CC(C)C.CC1CC(C)C(C)C1.CC1CC(C)C1C.Cc1cccc(Cc2cc(C)cc(C)c2)c1.Cc1cccc(Cc2cc(C)ccc2C)c1.Cc1cccc(Cc2ccc(C)c(C)c2)c1. The molecule has 2 saturated carbocycles. The highest BCUT2D eigenvalue weighted by Gasteiger charge is 2.30. The Morgan fingerprint density at radius 1 is 0.395 bits per heavy atom. The van der Waals surface area contributed by atoms with E-state index in [1.807, 2.05) is 6.92 Å². The van der Waals surface area contributed by atoms with E-state index in [9.17, 15) is 0 Å². The van der Waals surface area contributed by atoms with Crippen LogP contribution in [0.5, 0.6) is 0 Å². The van der Waals surface area contributed by atoms with E-state index in [0.717, 1.165) is 66.6 Å². The van der Waals surface area contributed by atoms with Gasteiger partial charge in [-0.1, -0.05) is 254 Å². The third-order valence-electron chi connectivity index (χ3n) is 15.3. The standard InChI is InChI=1S/3C16H18.C8H16.2C7H14.C6H12/c1-12-5-4-6-15(8-12)11-16-9-13(2)7-14(3)10-16;1-12-5-4-6-15(9-12)11-16-8-7-13(2)14(3)10-16;1-12-5-4-6-15(9-12)11-16-10-13(2)7-8-14(16)3;1-6-4-7(2)8(3)5-6;1-5-4-6(2)7(5)3;1-4-5-6-7(2)3;1-4-5-6(2)3/h3*4-10H,11H2,1-3H3;6-8H,4-5H2,1-3H3;5-7H,4H2,1-3H3;4-5,7H,6H2,1-3H3;4-6H,1-3H3/b;;;;;2*5-4+. The predicted molar refractivity (Wildman–Crippen MR) is 342 cm³/mol. The Morgan fingerprint density at radius 3 is 1.17 bits per heavy atom. The maximum absolute atomic E-state index is 2.37. The normalized spacial score (nSPS) is 18.2. The van der Waals surface area contributed by atoms with Gasteiger partial charge >= 0.3 is 0 Å². The molecule has 0 aromatic heterocycles. The first-order chi connectivity index (χ1) is 35.9. The maximum Gasteiger partial charge on any atom is -0.00230 e. The van der Waals surface area contributed by atoms with E-state index in [2.05, 4.69) is 290 Å². The highest BCUT2D eigenvalue weighted by atomic mass is 14.4. The molecule has 0 radical (unpaired) electrons. The fourth-order valence-corrected chi connectivity index (χ4v) is 10.2. The third kappa shape index (κ3) is 28.3. The van der Waals surface area contributed by atoms with Crippen molar-refractivity contribution in [1.29, 1.82) is 0 Å². The van der Waals surface area contributed by atoms with Crippen LogP contribution in [0.15, 0.2) is 152 Å². The van der Waals surface area contributed by atoms with Crippen LogP contribution >= 0.6 is 0 Å². The lowest BCUT2D eigenvalue weighted by atomic mass is 9.68. The lowest BCUT2D eigenvalue weighted by molar-refractivity contribution is 0.120. The van der Waals surface area contributed by atoms with Crippen LogP contribution in [0.1, 0.15) is 192 Å². The summed E-state index contributed by atoms with van der Waals surface area (Å²) >= 11 is 0. The molecule has 0 saturated heterocycles. The van der Waals surface area contributed by atoms with Crippen molar-refractivity contribution in [3.63, 3.8) is 0 Å². The van der Waals surface area contributed by atoms with Crippen LogP contribution in [-0.4, -0.2) is 0 Å². The highest BCUT2D eigenvalue weighted by Crippen LogP contribution is 2.38. The summed E-state index contributed by atoms with van der Waals surface area (Å²) in [7, 11) is 0. The number of hydrogen-bond acceptors (Lipinski definition) is 0. The first-order valence-electron chi connectivity index (χ1n) is 29.5. The van der Waals surface area contributed by atoms with Crippen molar-refractivity contribution in [2.45, 2.75) is 190 Å². The van der Waals surface area contributed by atoms with Crippen molar-refractivity contribution in [1.82, 2.24) is 0 Å².